The van der Waals surface area contributed by atoms with E-state index < -0.39 is 20.9 Å². The molecule has 174 valence electrons. The summed E-state index contributed by atoms with van der Waals surface area (Å²) in [5.74, 6) is -0.466. The number of nitrogens with two attached hydrogens (primary N) is 1. The average molecular weight is 482 g/mol. The lowest BCUT2D eigenvalue weighted by Gasteiger charge is -2.22. The molecule has 11 heteroatoms. The van der Waals surface area contributed by atoms with Gasteiger partial charge in [0.15, 0.2) is 21.3 Å². The van der Waals surface area contributed by atoms with Gasteiger partial charge in [0.1, 0.15) is 5.82 Å². The number of hydrogen-bond donors (Lipinski definition) is 1. The van der Waals surface area contributed by atoms with Crippen LogP contribution in [-0.4, -0.2) is 47.0 Å². The van der Waals surface area contributed by atoms with E-state index in [9.17, 15) is 12.8 Å². The third-order valence-corrected chi connectivity index (χ3v) is 7.75. The zero-order valence-electron chi connectivity index (χ0n) is 17.9. The number of halogens is 1. The molecular weight excluding hydrogens is 461 g/mol. The van der Waals surface area contributed by atoms with E-state index in [1.165, 1.54) is 18.3 Å². The quantitative estimate of drug-likeness (QED) is 0.454. The highest BCUT2D eigenvalue weighted by Gasteiger charge is 2.29. The zero-order chi connectivity index (χ0) is 23.7. The second-order valence-corrected chi connectivity index (χ2v) is 10.0. The molecule has 0 saturated carbocycles. The lowest BCUT2D eigenvalue weighted by Crippen LogP contribution is -2.30. The van der Waals surface area contributed by atoms with Crippen molar-refractivity contribution in [3.05, 3.63) is 60.5 Å². The number of aromatic nitrogens is 4. The standard InChI is InChI=1S/C23H20FN5O4S/c24-18-6-2-1-5-17(18)22-28-29-23(33-22)20-21(25)26-12-19(27-20)14-7-9-15(10-8-14)34(30,31)16-4-3-11-32-13-16/h1-2,5-10,12,16H,3-4,11,13H2,(H2,25,26). The van der Waals surface area contributed by atoms with Crippen molar-refractivity contribution >= 4 is 15.7 Å². The van der Waals surface area contributed by atoms with Crippen LogP contribution in [0.15, 0.2) is 64.0 Å². The van der Waals surface area contributed by atoms with Crippen molar-refractivity contribution in [2.24, 2.45) is 0 Å². The molecule has 9 nitrogen and oxygen atoms in total. The van der Waals surface area contributed by atoms with Gasteiger partial charge in [-0.15, -0.1) is 10.2 Å². The van der Waals surface area contributed by atoms with Crippen molar-refractivity contribution in [2.45, 2.75) is 23.0 Å². The van der Waals surface area contributed by atoms with Gasteiger partial charge < -0.3 is 14.9 Å². The van der Waals surface area contributed by atoms with Gasteiger partial charge in [-0.1, -0.05) is 24.3 Å². The van der Waals surface area contributed by atoms with Gasteiger partial charge >= 0.3 is 0 Å². The molecule has 34 heavy (non-hydrogen) atoms. The Morgan fingerprint density at radius 2 is 1.79 bits per heavy atom. The largest absolute Gasteiger partial charge is 0.414 e. The third kappa shape index (κ3) is 4.15. The maximum atomic E-state index is 14.1. The predicted molar refractivity (Wildman–Crippen MR) is 122 cm³/mol. The van der Waals surface area contributed by atoms with Gasteiger partial charge in [-0.25, -0.2) is 22.8 Å². The molecule has 5 rings (SSSR count). The Kier molecular flexibility index (Phi) is 5.80. The predicted octanol–water partition coefficient (Wildman–Crippen LogP) is 3.53. The van der Waals surface area contributed by atoms with E-state index in [-0.39, 0.29) is 40.4 Å². The summed E-state index contributed by atoms with van der Waals surface area (Å²) in [6.07, 6.45) is 2.77. The Morgan fingerprint density at radius 1 is 1.03 bits per heavy atom. The fraction of sp³-hybridized carbons (Fsp3) is 0.217. The summed E-state index contributed by atoms with van der Waals surface area (Å²) in [5.41, 5.74) is 7.33. The topological polar surface area (TPSA) is 134 Å². The van der Waals surface area contributed by atoms with Crippen molar-refractivity contribution < 1.29 is 22.0 Å². The third-order valence-electron chi connectivity index (χ3n) is 5.57. The van der Waals surface area contributed by atoms with E-state index in [4.69, 9.17) is 14.9 Å². The number of hydrogen-bond acceptors (Lipinski definition) is 9. The molecule has 2 N–H and O–H groups in total. The number of ether oxygens (including phenoxy) is 1. The molecule has 1 aliphatic heterocycles. The number of nitrogens with zero attached hydrogens (tertiary/aromatic N) is 4. The fourth-order valence-corrected chi connectivity index (χ4v) is 5.37. The van der Waals surface area contributed by atoms with Crippen molar-refractivity contribution in [3.8, 4) is 34.3 Å². The van der Waals surface area contributed by atoms with Crippen LogP contribution in [-0.2, 0) is 14.6 Å². The molecule has 1 aliphatic rings. The summed E-state index contributed by atoms with van der Waals surface area (Å²) >= 11 is 0. The first-order chi connectivity index (χ1) is 16.4. The molecule has 0 bridgehead atoms. The highest BCUT2D eigenvalue weighted by molar-refractivity contribution is 7.92. The minimum Gasteiger partial charge on any atom is -0.414 e. The number of nitrogen functional groups attached to an aromatic ring is 1. The summed E-state index contributed by atoms with van der Waals surface area (Å²) in [7, 11) is -3.49. The van der Waals surface area contributed by atoms with Crippen LogP contribution in [0.25, 0.3) is 34.3 Å². The molecule has 0 radical (unpaired) electrons. The van der Waals surface area contributed by atoms with Gasteiger partial charge in [0.2, 0.25) is 0 Å². The molecule has 1 saturated heterocycles. The maximum absolute atomic E-state index is 14.1. The average Bonchev–Trinajstić information content (AvgIpc) is 3.35. The Balaban J connectivity index is 1.44. The summed E-state index contributed by atoms with van der Waals surface area (Å²) in [6.45, 7) is 0.793. The van der Waals surface area contributed by atoms with Crippen molar-refractivity contribution in [1.29, 1.82) is 0 Å². The molecular formula is C23H20FN5O4S. The van der Waals surface area contributed by atoms with E-state index in [0.29, 0.717) is 24.3 Å². The molecule has 0 aliphatic carbocycles. The fourth-order valence-electron chi connectivity index (χ4n) is 3.72. The summed E-state index contributed by atoms with van der Waals surface area (Å²) < 4.78 is 50.8. The van der Waals surface area contributed by atoms with E-state index in [1.54, 1.807) is 36.4 Å². The molecule has 3 heterocycles. The van der Waals surface area contributed by atoms with E-state index in [0.717, 1.165) is 6.42 Å². The minimum absolute atomic E-state index is 0.0124. The number of benzene rings is 2. The van der Waals surface area contributed by atoms with Gasteiger partial charge in [0.05, 0.1) is 34.2 Å². The number of sulfone groups is 1. The van der Waals surface area contributed by atoms with Crippen LogP contribution in [0.3, 0.4) is 0 Å². The van der Waals surface area contributed by atoms with Crippen LogP contribution in [0.1, 0.15) is 12.8 Å². The van der Waals surface area contributed by atoms with Crippen molar-refractivity contribution in [2.75, 3.05) is 18.9 Å². The van der Waals surface area contributed by atoms with Crippen molar-refractivity contribution in [3.63, 3.8) is 0 Å². The smallest absolute Gasteiger partial charge is 0.270 e. The van der Waals surface area contributed by atoms with Crippen LogP contribution >= 0.6 is 0 Å². The Hall–Kier alpha value is -3.70. The van der Waals surface area contributed by atoms with Gasteiger partial charge in [-0.2, -0.15) is 0 Å². The Labute approximate surface area is 194 Å². The lowest BCUT2D eigenvalue weighted by atomic mass is 10.1. The number of anilines is 1. The van der Waals surface area contributed by atoms with E-state index in [1.807, 2.05) is 0 Å². The van der Waals surface area contributed by atoms with Crippen LogP contribution in [0, 0.1) is 5.82 Å². The first kappa shape index (κ1) is 22.1. The summed E-state index contributed by atoms with van der Waals surface area (Å²) in [5, 5.41) is 7.29. The first-order valence-corrected chi connectivity index (χ1v) is 12.1. The second-order valence-electron chi connectivity index (χ2n) is 7.79. The van der Waals surface area contributed by atoms with Crippen LogP contribution < -0.4 is 5.73 Å². The minimum atomic E-state index is -3.49. The van der Waals surface area contributed by atoms with E-state index in [2.05, 4.69) is 20.2 Å². The lowest BCUT2D eigenvalue weighted by molar-refractivity contribution is 0.0991. The highest BCUT2D eigenvalue weighted by Crippen LogP contribution is 2.30. The molecule has 0 amide bonds. The summed E-state index contributed by atoms with van der Waals surface area (Å²) in [6, 6.07) is 12.4. The first-order valence-electron chi connectivity index (χ1n) is 10.6. The number of rotatable bonds is 5. The molecule has 1 fully saturated rings. The molecule has 1 unspecified atom stereocenters. The molecule has 4 aromatic rings. The van der Waals surface area contributed by atoms with Gasteiger partial charge in [0, 0.05) is 12.2 Å². The van der Waals surface area contributed by atoms with Crippen molar-refractivity contribution in [1.82, 2.24) is 20.2 Å². The van der Waals surface area contributed by atoms with Crippen LogP contribution in [0.4, 0.5) is 10.2 Å². The van der Waals surface area contributed by atoms with Crippen LogP contribution in [0.2, 0.25) is 0 Å². The Bertz CT molecular complexity index is 1430. The Morgan fingerprint density at radius 3 is 2.53 bits per heavy atom. The van der Waals surface area contributed by atoms with Gasteiger partial charge in [-0.3, -0.25) is 0 Å². The van der Waals surface area contributed by atoms with Crippen LogP contribution in [0.5, 0.6) is 0 Å². The highest BCUT2D eigenvalue weighted by atomic mass is 32.2. The molecule has 0 spiro atoms. The molecule has 1 atom stereocenters. The van der Waals surface area contributed by atoms with Gasteiger partial charge in [-0.05, 0) is 37.1 Å². The summed E-state index contributed by atoms with van der Waals surface area (Å²) in [4.78, 5) is 8.86. The monoisotopic (exact) mass is 481 g/mol. The molecule has 2 aromatic carbocycles. The zero-order valence-corrected chi connectivity index (χ0v) is 18.7. The second kappa shape index (κ2) is 8.92. The maximum Gasteiger partial charge on any atom is 0.270 e. The van der Waals surface area contributed by atoms with Gasteiger partial charge in [0.25, 0.3) is 11.8 Å². The normalized spacial score (nSPS) is 16.4. The SMILES string of the molecule is Nc1ncc(-c2ccc(S(=O)(=O)C3CCCOC3)cc2)nc1-c1nnc(-c2ccccc2F)o1. The molecule has 2 aromatic heterocycles. The van der Waals surface area contributed by atoms with E-state index >= 15 is 0 Å².